The number of amides is 3. The van der Waals surface area contributed by atoms with Gasteiger partial charge in [0.15, 0.2) is 0 Å². The minimum absolute atomic E-state index is 0.0986. The predicted molar refractivity (Wildman–Crippen MR) is 68.7 cm³/mol. The second kappa shape index (κ2) is 7.08. The van der Waals surface area contributed by atoms with Crippen molar-refractivity contribution in [2.24, 2.45) is 0 Å². The molecule has 0 aromatic rings. The monoisotopic (exact) mass is 271 g/mol. The number of aliphatic carboxylic acids is 1. The maximum atomic E-state index is 11.9. The number of hydrogen-bond acceptors (Lipinski definition) is 4. The number of carboxylic acids is 1. The summed E-state index contributed by atoms with van der Waals surface area (Å²) in [5.41, 5.74) is 0. The summed E-state index contributed by atoms with van der Waals surface area (Å²) in [6, 6.07) is -1.13. The van der Waals surface area contributed by atoms with Gasteiger partial charge in [-0.25, -0.2) is 4.79 Å². The molecule has 1 aliphatic rings. The van der Waals surface area contributed by atoms with Gasteiger partial charge in [0.25, 0.3) is 0 Å². The molecule has 0 radical (unpaired) electrons. The van der Waals surface area contributed by atoms with Crippen LogP contribution < -0.4 is 10.6 Å². The van der Waals surface area contributed by atoms with E-state index in [4.69, 9.17) is 5.11 Å². The lowest BCUT2D eigenvalue weighted by Gasteiger charge is -2.31. The Labute approximate surface area is 112 Å². The average molecular weight is 271 g/mol. The van der Waals surface area contributed by atoms with Crippen molar-refractivity contribution in [1.82, 2.24) is 15.5 Å². The maximum absolute atomic E-state index is 11.9. The first-order chi connectivity index (χ1) is 8.95. The highest BCUT2D eigenvalue weighted by atomic mass is 16.4. The highest BCUT2D eigenvalue weighted by Gasteiger charge is 2.32. The fourth-order valence-corrected chi connectivity index (χ4v) is 2.40. The van der Waals surface area contributed by atoms with Crippen LogP contribution in [0.5, 0.6) is 0 Å². The fraction of sp³-hybridized carbons (Fsp3) is 0.750. The van der Waals surface area contributed by atoms with Crippen LogP contribution in [0.1, 0.15) is 32.6 Å². The number of urea groups is 1. The van der Waals surface area contributed by atoms with Crippen LogP contribution >= 0.6 is 0 Å². The van der Waals surface area contributed by atoms with Crippen molar-refractivity contribution in [3.63, 3.8) is 0 Å². The smallest absolute Gasteiger partial charge is 0.321 e. The number of nitrogens with zero attached hydrogens (tertiary/aromatic N) is 1. The normalized spacial score (nSPS) is 17.2. The Bertz CT molecular complexity index is 353. The van der Waals surface area contributed by atoms with Crippen molar-refractivity contribution in [3.05, 3.63) is 0 Å². The van der Waals surface area contributed by atoms with E-state index in [1.54, 1.807) is 11.8 Å². The Morgan fingerprint density at radius 2 is 1.89 bits per heavy atom. The molecule has 1 aliphatic carbocycles. The molecule has 19 heavy (non-hydrogen) atoms. The third-order valence-corrected chi connectivity index (χ3v) is 3.45. The number of carbonyl (C=O) groups is 3. The SMILES string of the molecule is CNC(=O)NC(=O)C(C)N(CC(=O)O)C1CCCC1. The average Bonchev–Trinajstić information content (AvgIpc) is 2.88. The Kier molecular flexibility index (Phi) is 5.75. The minimum atomic E-state index is -0.966. The van der Waals surface area contributed by atoms with Crippen LogP contribution in [0.25, 0.3) is 0 Å². The molecule has 3 amide bonds. The molecule has 108 valence electrons. The van der Waals surface area contributed by atoms with Gasteiger partial charge in [-0.15, -0.1) is 0 Å². The zero-order valence-corrected chi connectivity index (χ0v) is 11.3. The molecule has 1 unspecified atom stereocenters. The molecule has 0 aliphatic heterocycles. The van der Waals surface area contributed by atoms with Crippen molar-refractivity contribution < 1.29 is 19.5 Å². The van der Waals surface area contributed by atoms with Gasteiger partial charge < -0.3 is 10.4 Å². The highest BCUT2D eigenvalue weighted by molar-refractivity contribution is 5.96. The summed E-state index contributed by atoms with van der Waals surface area (Å²) in [6.45, 7) is 1.44. The zero-order chi connectivity index (χ0) is 14.4. The lowest BCUT2D eigenvalue weighted by atomic mass is 10.1. The summed E-state index contributed by atoms with van der Waals surface area (Å²) in [5.74, 6) is -1.45. The molecule has 7 heteroatoms. The number of rotatable bonds is 5. The van der Waals surface area contributed by atoms with Crippen molar-refractivity contribution in [2.75, 3.05) is 13.6 Å². The summed E-state index contributed by atoms with van der Waals surface area (Å²) in [6.07, 6.45) is 3.88. The molecule has 1 rings (SSSR count). The fourth-order valence-electron chi connectivity index (χ4n) is 2.40. The number of hydrogen-bond donors (Lipinski definition) is 3. The van der Waals surface area contributed by atoms with Gasteiger partial charge in [-0.05, 0) is 19.8 Å². The molecule has 0 spiro atoms. The van der Waals surface area contributed by atoms with Gasteiger partial charge in [-0.2, -0.15) is 0 Å². The summed E-state index contributed by atoms with van der Waals surface area (Å²) in [5, 5.41) is 13.4. The molecule has 0 aromatic heterocycles. The molecular weight excluding hydrogens is 250 g/mol. The Hall–Kier alpha value is -1.63. The van der Waals surface area contributed by atoms with Gasteiger partial charge in [0.05, 0.1) is 12.6 Å². The van der Waals surface area contributed by atoms with Gasteiger partial charge in [0.1, 0.15) is 0 Å². The minimum Gasteiger partial charge on any atom is -0.480 e. The van der Waals surface area contributed by atoms with E-state index in [-0.39, 0.29) is 12.6 Å². The number of carbonyl (C=O) groups excluding carboxylic acids is 2. The Morgan fingerprint density at radius 3 is 2.37 bits per heavy atom. The van der Waals surface area contributed by atoms with Crippen LogP contribution in [0, 0.1) is 0 Å². The first-order valence-electron chi connectivity index (χ1n) is 6.45. The molecule has 1 fully saturated rings. The molecule has 1 saturated carbocycles. The third kappa shape index (κ3) is 4.51. The highest BCUT2D eigenvalue weighted by Crippen LogP contribution is 2.25. The summed E-state index contributed by atoms with van der Waals surface area (Å²) < 4.78 is 0. The summed E-state index contributed by atoms with van der Waals surface area (Å²) in [4.78, 5) is 35.6. The van der Waals surface area contributed by atoms with Crippen LogP contribution in [0.3, 0.4) is 0 Å². The third-order valence-electron chi connectivity index (χ3n) is 3.45. The van der Waals surface area contributed by atoms with Gasteiger partial charge in [0, 0.05) is 13.1 Å². The van der Waals surface area contributed by atoms with Crippen molar-refractivity contribution in [1.29, 1.82) is 0 Å². The van der Waals surface area contributed by atoms with Crippen molar-refractivity contribution in [3.8, 4) is 0 Å². The quantitative estimate of drug-likeness (QED) is 0.661. The van der Waals surface area contributed by atoms with E-state index in [0.717, 1.165) is 25.7 Å². The number of imide groups is 1. The molecule has 0 aromatic carbocycles. The second-order valence-electron chi connectivity index (χ2n) is 4.75. The van der Waals surface area contributed by atoms with Crippen LogP contribution in [0.2, 0.25) is 0 Å². The summed E-state index contributed by atoms with van der Waals surface area (Å²) in [7, 11) is 1.42. The molecule has 1 atom stereocenters. The van der Waals surface area contributed by atoms with Crippen molar-refractivity contribution >= 4 is 17.9 Å². The van der Waals surface area contributed by atoms with E-state index in [1.165, 1.54) is 7.05 Å². The predicted octanol–water partition coefficient (Wildman–Crippen LogP) is 0.160. The first kappa shape index (κ1) is 15.4. The molecule has 0 saturated heterocycles. The van der Waals surface area contributed by atoms with E-state index in [0.29, 0.717) is 0 Å². The molecule has 0 bridgehead atoms. The van der Waals surface area contributed by atoms with E-state index in [2.05, 4.69) is 10.6 Å². The number of carboxylic acid groups (broad SMARTS) is 1. The lowest BCUT2D eigenvalue weighted by Crippen LogP contribution is -2.53. The topological polar surface area (TPSA) is 98.7 Å². The molecule has 0 heterocycles. The van der Waals surface area contributed by atoms with Crippen LogP contribution in [-0.2, 0) is 9.59 Å². The molecule has 3 N–H and O–H groups in total. The van der Waals surface area contributed by atoms with Gasteiger partial charge in [-0.1, -0.05) is 12.8 Å². The maximum Gasteiger partial charge on any atom is 0.321 e. The van der Waals surface area contributed by atoms with E-state index in [1.807, 2.05) is 0 Å². The Morgan fingerprint density at radius 1 is 1.32 bits per heavy atom. The van der Waals surface area contributed by atoms with Crippen LogP contribution in [0.4, 0.5) is 4.79 Å². The number of nitrogens with one attached hydrogen (secondary N) is 2. The van der Waals surface area contributed by atoms with Gasteiger partial charge in [-0.3, -0.25) is 19.8 Å². The Balaban J connectivity index is 2.69. The van der Waals surface area contributed by atoms with E-state index >= 15 is 0 Å². The van der Waals surface area contributed by atoms with Crippen molar-refractivity contribution in [2.45, 2.75) is 44.7 Å². The van der Waals surface area contributed by atoms with E-state index in [9.17, 15) is 14.4 Å². The second-order valence-corrected chi connectivity index (χ2v) is 4.75. The molecule has 7 nitrogen and oxygen atoms in total. The van der Waals surface area contributed by atoms with Crippen LogP contribution in [-0.4, -0.2) is 53.6 Å². The standard InChI is InChI=1S/C12H21N3O4/c1-8(11(18)14-12(19)13-2)15(7-10(16)17)9-5-3-4-6-9/h8-9H,3-7H2,1-2H3,(H,16,17)(H2,13,14,18,19). The van der Waals surface area contributed by atoms with Gasteiger partial charge >= 0.3 is 12.0 Å². The van der Waals surface area contributed by atoms with E-state index < -0.39 is 23.9 Å². The summed E-state index contributed by atoms with van der Waals surface area (Å²) >= 11 is 0. The first-order valence-corrected chi connectivity index (χ1v) is 6.45. The molecular formula is C12H21N3O4. The van der Waals surface area contributed by atoms with Gasteiger partial charge in [0.2, 0.25) is 5.91 Å². The lowest BCUT2D eigenvalue weighted by molar-refractivity contribution is -0.140. The largest absolute Gasteiger partial charge is 0.480 e. The van der Waals surface area contributed by atoms with Crippen LogP contribution in [0.15, 0.2) is 0 Å². The zero-order valence-electron chi connectivity index (χ0n) is 11.3.